The molecule has 1 aliphatic rings. The summed E-state index contributed by atoms with van der Waals surface area (Å²) >= 11 is 3.46. The van der Waals surface area contributed by atoms with Crippen LogP contribution in [0.2, 0.25) is 0 Å². The van der Waals surface area contributed by atoms with E-state index >= 15 is 0 Å². The van der Waals surface area contributed by atoms with Crippen molar-refractivity contribution >= 4 is 27.5 Å². The smallest absolute Gasteiger partial charge is 0.227 e. The zero-order valence-electron chi connectivity index (χ0n) is 10.0. The van der Waals surface area contributed by atoms with Gasteiger partial charge in [0.15, 0.2) is 0 Å². The molecule has 3 nitrogen and oxygen atoms in total. The van der Waals surface area contributed by atoms with Crippen molar-refractivity contribution in [2.24, 2.45) is 0 Å². The van der Waals surface area contributed by atoms with Crippen LogP contribution < -0.4 is 10.2 Å². The number of anilines is 1. The molecule has 1 N–H and O–H groups in total. The fourth-order valence-electron chi connectivity index (χ4n) is 2.16. The number of nitrogens with one attached hydrogen (secondary N) is 1. The topological polar surface area (TPSA) is 32.3 Å². The van der Waals surface area contributed by atoms with Crippen LogP contribution >= 0.6 is 15.9 Å². The third-order valence-electron chi connectivity index (χ3n) is 3.06. The Balaban J connectivity index is 2.05. The number of carbonyl (C=O) groups excluding carboxylic acids is 1. The molecular weight excluding hydrogens is 280 g/mol. The second-order valence-corrected chi connectivity index (χ2v) is 5.19. The number of hydrogen-bond acceptors (Lipinski definition) is 2. The highest BCUT2D eigenvalue weighted by molar-refractivity contribution is 9.10. The van der Waals surface area contributed by atoms with Crippen molar-refractivity contribution < 1.29 is 4.79 Å². The molecule has 0 fully saturated rings. The van der Waals surface area contributed by atoms with Crippen molar-refractivity contribution in [2.45, 2.75) is 19.3 Å². The highest BCUT2D eigenvalue weighted by atomic mass is 79.9. The van der Waals surface area contributed by atoms with Gasteiger partial charge in [0.1, 0.15) is 0 Å². The van der Waals surface area contributed by atoms with E-state index in [9.17, 15) is 4.79 Å². The maximum Gasteiger partial charge on any atom is 0.227 e. The Morgan fingerprint density at radius 3 is 3.12 bits per heavy atom. The number of nitrogens with zero attached hydrogens (tertiary/aromatic N) is 1. The second kappa shape index (κ2) is 5.65. The van der Waals surface area contributed by atoms with Gasteiger partial charge in [0.25, 0.3) is 0 Å². The summed E-state index contributed by atoms with van der Waals surface area (Å²) in [5.74, 6) is 0.233. The van der Waals surface area contributed by atoms with Crippen LogP contribution in [0, 0.1) is 0 Å². The van der Waals surface area contributed by atoms with Gasteiger partial charge in [0, 0.05) is 23.1 Å². The van der Waals surface area contributed by atoms with Crippen molar-refractivity contribution in [3.63, 3.8) is 0 Å². The maximum atomic E-state index is 12.1. The third kappa shape index (κ3) is 2.87. The highest BCUT2D eigenvalue weighted by Gasteiger charge is 2.23. The summed E-state index contributed by atoms with van der Waals surface area (Å²) in [5.41, 5.74) is 2.35. The lowest BCUT2D eigenvalue weighted by Gasteiger charge is -2.17. The zero-order valence-corrected chi connectivity index (χ0v) is 11.6. The number of hydrogen-bond donors (Lipinski definition) is 1. The summed E-state index contributed by atoms with van der Waals surface area (Å²) in [6, 6.07) is 6.17. The molecule has 2 rings (SSSR count). The van der Waals surface area contributed by atoms with Gasteiger partial charge >= 0.3 is 0 Å². The van der Waals surface area contributed by atoms with Crippen LogP contribution in [0.4, 0.5) is 5.69 Å². The first kappa shape index (κ1) is 12.6. The van der Waals surface area contributed by atoms with Crippen LogP contribution in [0.1, 0.15) is 18.4 Å². The van der Waals surface area contributed by atoms with Gasteiger partial charge in [-0.25, -0.2) is 0 Å². The van der Waals surface area contributed by atoms with Crippen LogP contribution in [-0.4, -0.2) is 26.0 Å². The fraction of sp³-hybridized carbons (Fsp3) is 0.462. The molecule has 0 aliphatic carbocycles. The summed E-state index contributed by atoms with van der Waals surface area (Å²) in [6.07, 6.45) is 2.49. The van der Waals surface area contributed by atoms with Gasteiger partial charge in [-0.05, 0) is 44.1 Å². The quantitative estimate of drug-likeness (QED) is 0.865. The summed E-state index contributed by atoms with van der Waals surface area (Å²) in [6.45, 7) is 1.72. The second-order valence-electron chi connectivity index (χ2n) is 4.28. The van der Waals surface area contributed by atoms with Crippen molar-refractivity contribution in [3.05, 3.63) is 28.2 Å². The minimum atomic E-state index is 0.233. The Morgan fingerprint density at radius 2 is 2.35 bits per heavy atom. The molecular formula is C13H17BrN2O. The van der Waals surface area contributed by atoms with Gasteiger partial charge < -0.3 is 10.2 Å². The first-order valence-corrected chi connectivity index (χ1v) is 6.75. The number of fused-ring (bicyclic) bond motifs is 1. The van der Waals surface area contributed by atoms with Gasteiger partial charge in [-0.15, -0.1) is 0 Å². The van der Waals surface area contributed by atoms with Crippen LogP contribution in [0.3, 0.4) is 0 Å². The van der Waals surface area contributed by atoms with E-state index in [2.05, 4.69) is 27.3 Å². The predicted molar refractivity (Wildman–Crippen MR) is 73.4 cm³/mol. The van der Waals surface area contributed by atoms with Crippen molar-refractivity contribution in [1.29, 1.82) is 0 Å². The Bertz CT molecular complexity index is 420. The molecule has 92 valence electrons. The minimum Gasteiger partial charge on any atom is -0.320 e. The molecule has 0 bridgehead atoms. The molecule has 0 saturated carbocycles. The van der Waals surface area contributed by atoms with Crippen molar-refractivity contribution in [3.8, 4) is 0 Å². The normalized spacial score (nSPS) is 13.9. The van der Waals surface area contributed by atoms with E-state index < -0.39 is 0 Å². The molecule has 0 unspecified atom stereocenters. The van der Waals surface area contributed by atoms with E-state index in [4.69, 9.17) is 0 Å². The minimum absolute atomic E-state index is 0.233. The molecule has 0 spiro atoms. The summed E-state index contributed by atoms with van der Waals surface area (Å²) in [7, 11) is 1.91. The molecule has 4 heteroatoms. The van der Waals surface area contributed by atoms with E-state index in [-0.39, 0.29) is 5.91 Å². The van der Waals surface area contributed by atoms with Crippen LogP contribution in [0.15, 0.2) is 22.7 Å². The third-order valence-corrected chi connectivity index (χ3v) is 3.55. The van der Waals surface area contributed by atoms with E-state index in [0.717, 1.165) is 36.1 Å². The maximum absolute atomic E-state index is 12.1. The average molecular weight is 297 g/mol. The van der Waals surface area contributed by atoms with Gasteiger partial charge in [-0.2, -0.15) is 0 Å². The van der Waals surface area contributed by atoms with Gasteiger partial charge in [-0.3, -0.25) is 4.79 Å². The lowest BCUT2D eigenvalue weighted by atomic mass is 10.2. The van der Waals surface area contributed by atoms with Gasteiger partial charge in [0.2, 0.25) is 5.91 Å². The molecule has 1 aromatic carbocycles. The summed E-state index contributed by atoms with van der Waals surface area (Å²) < 4.78 is 1.03. The summed E-state index contributed by atoms with van der Waals surface area (Å²) in [4.78, 5) is 14.0. The molecule has 0 aromatic heterocycles. The molecule has 1 amide bonds. The van der Waals surface area contributed by atoms with E-state index in [0.29, 0.717) is 6.42 Å². The fourth-order valence-corrected chi connectivity index (χ4v) is 2.51. The number of halogens is 1. The van der Waals surface area contributed by atoms with Crippen LogP contribution in [0.5, 0.6) is 0 Å². The largest absolute Gasteiger partial charge is 0.320 e. The lowest BCUT2D eigenvalue weighted by Crippen LogP contribution is -2.29. The zero-order chi connectivity index (χ0) is 12.3. The van der Waals surface area contributed by atoms with E-state index in [1.165, 1.54) is 5.56 Å². The monoisotopic (exact) mass is 296 g/mol. The molecule has 1 heterocycles. The SMILES string of the molecule is CNCCCC(=O)N1CCc2ccc(Br)cc21. The van der Waals surface area contributed by atoms with E-state index in [1.807, 2.05) is 24.1 Å². The predicted octanol–water partition coefficient (Wildman–Crippen LogP) is 2.34. The molecule has 1 aromatic rings. The van der Waals surface area contributed by atoms with Gasteiger partial charge in [0.05, 0.1) is 0 Å². The standard InChI is InChI=1S/C13H17BrN2O/c1-15-7-2-3-13(17)16-8-6-10-4-5-11(14)9-12(10)16/h4-5,9,15H,2-3,6-8H2,1H3. The number of amides is 1. The number of carbonyl (C=O) groups is 1. The van der Waals surface area contributed by atoms with Crippen LogP contribution in [-0.2, 0) is 11.2 Å². The number of benzene rings is 1. The van der Waals surface area contributed by atoms with Crippen molar-refractivity contribution in [1.82, 2.24) is 5.32 Å². The molecule has 17 heavy (non-hydrogen) atoms. The summed E-state index contributed by atoms with van der Waals surface area (Å²) in [5, 5.41) is 3.06. The Hall–Kier alpha value is -0.870. The van der Waals surface area contributed by atoms with E-state index in [1.54, 1.807) is 0 Å². The molecule has 1 aliphatic heterocycles. The van der Waals surface area contributed by atoms with Crippen molar-refractivity contribution in [2.75, 3.05) is 25.0 Å². The Morgan fingerprint density at radius 1 is 1.53 bits per heavy atom. The number of rotatable bonds is 4. The van der Waals surface area contributed by atoms with Crippen LogP contribution in [0.25, 0.3) is 0 Å². The Kier molecular flexibility index (Phi) is 4.18. The Labute approximate surface area is 110 Å². The lowest BCUT2D eigenvalue weighted by molar-refractivity contribution is -0.118. The molecule has 0 atom stereocenters. The first-order chi connectivity index (χ1) is 8.22. The highest BCUT2D eigenvalue weighted by Crippen LogP contribution is 2.31. The average Bonchev–Trinajstić information content (AvgIpc) is 2.72. The van der Waals surface area contributed by atoms with Gasteiger partial charge in [-0.1, -0.05) is 22.0 Å². The molecule has 0 saturated heterocycles. The molecule has 0 radical (unpaired) electrons. The first-order valence-electron chi connectivity index (χ1n) is 5.96.